The summed E-state index contributed by atoms with van der Waals surface area (Å²) in [4.78, 5) is 0. The quantitative estimate of drug-likeness (QED) is 0.618. The molecule has 0 saturated heterocycles. The minimum absolute atomic E-state index is 0.0456. The smallest absolute Gasteiger partial charge is 0.0487 e. The number of hydrogen-bond donors (Lipinski definition) is 1. The van der Waals surface area contributed by atoms with Crippen LogP contribution in [-0.4, -0.2) is 32.5 Å². The van der Waals surface area contributed by atoms with Gasteiger partial charge in [0.1, 0.15) is 0 Å². The summed E-state index contributed by atoms with van der Waals surface area (Å²) in [5.74, 6) is 0.930. The molecule has 0 spiro atoms. The highest BCUT2D eigenvalue weighted by atomic mass is 16.5. The zero-order valence-electron chi connectivity index (χ0n) is 13.0. The molecular weight excluding hydrogens is 238 g/mol. The molecule has 0 bridgehead atoms. The first-order valence-electron chi connectivity index (χ1n) is 8.06. The van der Waals surface area contributed by atoms with Gasteiger partial charge in [0.25, 0.3) is 0 Å². The molecule has 3 heteroatoms. The van der Waals surface area contributed by atoms with E-state index in [9.17, 15) is 0 Å². The van der Waals surface area contributed by atoms with Crippen LogP contribution in [-0.2, 0) is 9.47 Å². The fraction of sp³-hybridized carbons (Fsp3) is 1.00. The van der Waals surface area contributed by atoms with Gasteiger partial charge < -0.3 is 15.2 Å². The average Bonchev–Trinajstić information content (AvgIpc) is 2.42. The first-order chi connectivity index (χ1) is 9.20. The van der Waals surface area contributed by atoms with Crippen LogP contribution in [0.5, 0.6) is 0 Å². The second kappa shape index (κ2) is 9.73. The van der Waals surface area contributed by atoms with Crippen LogP contribution in [0.3, 0.4) is 0 Å². The van der Waals surface area contributed by atoms with Crippen LogP contribution in [0.2, 0.25) is 0 Å². The monoisotopic (exact) mass is 271 g/mol. The molecule has 1 fully saturated rings. The maximum absolute atomic E-state index is 6.49. The summed E-state index contributed by atoms with van der Waals surface area (Å²) in [5, 5.41) is 0. The Balaban J connectivity index is 2.07. The standard InChI is InChI=1S/C16H33NO2/c1-3-4-6-15-7-9-16(17,10-8-15)11-14-19-13-5-12-18-2/h15H,3-14,17H2,1-2H3. The number of unbranched alkanes of at least 4 members (excludes halogenated alkanes) is 1. The Bertz CT molecular complexity index is 213. The highest BCUT2D eigenvalue weighted by molar-refractivity contribution is 4.89. The Labute approximate surface area is 119 Å². The minimum atomic E-state index is 0.0456. The third-order valence-corrected chi connectivity index (χ3v) is 4.45. The fourth-order valence-corrected chi connectivity index (χ4v) is 2.97. The van der Waals surface area contributed by atoms with Gasteiger partial charge in [-0.1, -0.05) is 26.2 Å². The van der Waals surface area contributed by atoms with Crippen molar-refractivity contribution in [2.75, 3.05) is 26.9 Å². The molecule has 0 aromatic rings. The fourth-order valence-electron chi connectivity index (χ4n) is 2.97. The third-order valence-electron chi connectivity index (χ3n) is 4.45. The van der Waals surface area contributed by atoms with Gasteiger partial charge in [0.2, 0.25) is 0 Å². The molecule has 0 aromatic heterocycles. The van der Waals surface area contributed by atoms with E-state index in [2.05, 4.69) is 6.92 Å². The molecule has 1 rings (SSSR count). The summed E-state index contributed by atoms with van der Waals surface area (Å²) in [6.45, 7) is 4.66. The van der Waals surface area contributed by atoms with Crippen molar-refractivity contribution in [2.24, 2.45) is 11.7 Å². The Hall–Kier alpha value is -0.120. The van der Waals surface area contributed by atoms with Gasteiger partial charge in [-0.15, -0.1) is 0 Å². The van der Waals surface area contributed by atoms with Gasteiger partial charge >= 0.3 is 0 Å². The summed E-state index contributed by atoms with van der Waals surface area (Å²) in [6, 6.07) is 0. The van der Waals surface area contributed by atoms with E-state index in [1.807, 2.05) is 0 Å². The molecule has 3 nitrogen and oxygen atoms in total. The summed E-state index contributed by atoms with van der Waals surface area (Å²) in [5.41, 5.74) is 6.53. The first-order valence-corrected chi connectivity index (χ1v) is 8.06. The van der Waals surface area contributed by atoms with Crippen LogP contribution >= 0.6 is 0 Å². The van der Waals surface area contributed by atoms with E-state index < -0.39 is 0 Å². The summed E-state index contributed by atoms with van der Waals surface area (Å²) < 4.78 is 10.6. The molecule has 0 aliphatic heterocycles. The lowest BCUT2D eigenvalue weighted by Crippen LogP contribution is -2.44. The lowest BCUT2D eigenvalue weighted by Gasteiger charge is -2.37. The second-order valence-corrected chi connectivity index (χ2v) is 6.16. The largest absolute Gasteiger partial charge is 0.385 e. The van der Waals surface area contributed by atoms with Gasteiger partial charge in [-0.25, -0.2) is 0 Å². The number of methoxy groups -OCH3 is 1. The number of rotatable bonds is 10. The highest BCUT2D eigenvalue weighted by Gasteiger charge is 2.30. The molecule has 0 amide bonds. The minimum Gasteiger partial charge on any atom is -0.385 e. The lowest BCUT2D eigenvalue weighted by molar-refractivity contribution is 0.0805. The van der Waals surface area contributed by atoms with Crippen molar-refractivity contribution in [3.05, 3.63) is 0 Å². The van der Waals surface area contributed by atoms with Crippen molar-refractivity contribution in [1.82, 2.24) is 0 Å². The van der Waals surface area contributed by atoms with Crippen LogP contribution in [0.25, 0.3) is 0 Å². The maximum atomic E-state index is 6.49. The molecule has 114 valence electrons. The molecule has 0 heterocycles. The molecule has 19 heavy (non-hydrogen) atoms. The van der Waals surface area contributed by atoms with Crippen LogP contribution in [0, 0.1) is 5.92 Å². The van der Waals surface area contributed by atoms with Gasteiger partial charge in [0.05, 0.1) is 0 Å². The van der Waals surface area contributed by atoms with E-state index in [4.69, 9.17) is 15.2 Å². The SMILES string of the molecule is CCCCC1CCC(N)(CCOCCCOC)CC1. The van der Waals surface area contributed by atoms with Crippen molar-refractivity contribution in [1.29, 1.82) is 0 Å². The van der Waals surface area contributed by atoms with Gasteiger partial charge in [-0.3, -0.25) is 0 Å². The summed E-state index contributed by atoms with van der Waals surface area (Å²) in [7, 11) is 1.73. The van der Waals surface area contributed by atoms with E-state index in [1.54, 1.807) is 7.11 Å². The van der Waals surface area contributed by atoms with E-state index in [0.717, 1.165) is 38.6 Å². The molecule has 0 radical (unpaired) electrons. The number of ether oxygens (including phenoxy) is 2. The molecule has 2 N–H and O–H groups in total. The van der Waals surface area contributed by atoms with Crippen molar-refractivity contribution >= 4 is 0 Å². The third kappa shape index (κ3) is 7.28. The second-order valence-electron chi connectivity index (χ2n) is 6.16. The highest BCUT2D eigenvalue weighted by Crippen LogP contribution is 2.34. The van der Waals surface area contributed by atoms with Crippen molar-refractivity contribution < 1.29 is 9.47 Å². The van der Waals surface area contributed by atoms with E-state index in [0.29, 0.717) is 0 Å². The lowest BCUT2D eigenvalue weighted by atomic mass is 9.74. The Morgan fingerprint density at radius 2 is 1.84 bits per heavy atom. The van der Waals surface area contributed by atoms with Crippen molar-refractivity contribution in [2.45, 2.75) is 70.3 Å². The van der Waals surface area contributed by atoms with Crippen molar-refractivity contribution in [3.8, 4) is 0 Å². The van der Waals surface area contributed by atoms with Crippen LogP contribution in [0.4, 0.5) is 0 Å². The van der Waals surface area contributed by atoms with Crippen LogP contribution in [0.1, 0.15) is 64.7 Å². The molecule has 0 unspecified atom stereocenters. The van der Waals surface area contributed by atoms with Gasteiger partial charge in [-0.05, 0) is 44.4 Å². The molecule has 1 aliphatic rings. The zero-order chi connectivity index (χ0) is 14.0. The summed E-state index contributed by atoms with van der Waals surface area (Å²) >= 11 is 0. The number of nitrogens with two attached hydrogens (primary N) is 1. The molecule has 0 atom stereocenters. The summed E-state index contributed by atoms with van der Waals surface area (Å²) in [6.07, 6.45) is 11.1. The Morgan fingerprint density at radius 1 is 1.11 bits per heavy atom. The normalized spacial score (nSPS) is 27.6. The van der Waals surface area contributed by atoms with Crippen LogP contribution < -0.4 is 5.73 Å². The maximum Gasteiger partial charge on any atom is 0.0487 e. The topological polar surface area (TPSA) is 44.5 Å². The molecule has 0 aromatic carbocycles. The molecule has 1 aliphatic carbocycles. The first kappa shape index (κ1) is 16.9. The van der Waals surface area contributed by atoms with E-state index in [-0.39, 0.29) is 5.54 Å². The van der Waals surface area contributed by atoms with Gasteiger partial charge in [0, 0.05) is 32.5 Å². The number of hydrogen-bond acceptors (Lipinski definition) is 3. The van der Waals surface area contributed by atoms with E-state index in [1.165, 1.54) is 44.9 Å². The van der Waals surface area contributed by atoms with Crippen molar-refractivity contribution in [3.63, 3.8) is 0 Å². The predicted molar refractivity (Wildman–Crippen MR) is 80.3 cm³/mol. The Morgan fingerprint density at radius 3 is 2.47 bits per heavy atom. The Kier molecular flexibility index (Phi) is 8.67. The van der Waals surface area contributed by atoms with E-state index >= 15 is 0 Å². The van der Waals surface area contributed by atoms with Gasteiger partial charge in [-0.2, -0.15) is 0 Å². The van der Waals surface area contributed by atoms with Gasteiger partial charge in [0.15, 0.2) is 0 Å². The molecule has 1 saturated carbocycles. The van der Waals surface area contributed by atoms with Crippen LogP contribution in [0.15, 0.2) is 0 Å². The average molecular weight is 271 g/mol. The molecular formula is C16H33NO2. The predicted octanol–water partition coefficient (Wildman–Crippen LogP) is 3.51. The zero-order valence-corrected chi connectivity index (χ0v) is 13.0.